The molecule has 0 saturated heterocycles. The van der Waals surface area contributed by atoms with Crippen molar-refractivity contribution in [2.24, 2.45) is 0 Å². The SMILES string of the molecule is CC(CC#N)NCc1ccc(Cl)c(Br)c1. The summed E-state index contributed by atoms with van der Waals surface area (Å²) in [5, 5.41) is 12.5. The van der Waals surface area contributed by atoms with Gasteiger partial charge in [-0.15, -0.1) is 0 Å². The molecule has 1 rings (SSSR count). The normalized spacial score (nSPS) is 12.1. The van der Waals surface area contributed by atoms with Crippen molar-refractivity contribution in [2.45, 2.75) is 25.9 Å². The molecule has 2 nitrogen and oxygen atoms in total. The summed E-state index contributed by atoms with van der Waals surface area (Å²) >= 11 is 9.25. The van der Waals surface area contributed by atoms with E-state index in [4.69, 9.17) is 16.9 Å². The molecule has 80 valence electrons. The molecule has 0 aliphatic rings. The highest BCUT2D eigenvalue weighted by molar-refractivity contribution is 9.10. The van der Waals surface area contributed by atoms with Gasteiger partial charge in [0, 0.05) is 17.1 Å². The Morgan fingerprint density at radius 1 is 1.60 bits per heavy atom. The van der Waals surface area contributed by atoms with Gasteiger partial charge in [-0.2, -0.15) is 5.26 Å². The van der Waals surface area contributed by atoms with Crippen LogP contribution < -0.4 is 5.32 Å². The van der Waals surface area contributed by atoms with E-state index in [-0.39, 0.29) is 6.04 Å². The first kappa shape index (κ1) is 12.5. The van der Waals surface area contributed by atoms with Crippen molar-refractivity contribution in [1.29, 1.82) is 5.26 Å². The minimum Gasteiger partial charge on any atom is -0.309 e. The van der Waals surface area contributed by atoms with E-state index in [1.54, 1.807) is 0 Å². The fourth-order valence-corrected chi connectivity index (χ4v) is 1.69. The summed E-state index contributed by atoms with van der Waals surface area (Å²) in [6.45, 7) is 2.74. The third-order valence-corrected chi connectivity index (χ3v) is 3.25. The van der Waals surface area contributed by atoms with Gasteiger partial charge in [0.2, 0.25) is 0 Å². The lowest BCUT2D eigenvalue weighted by Gasteiger charge is -2.10. The maximum Gasteiger partial charge on any atom is 0.0638 e. The maximum absolute atomic E-state index is 8.50. The van der Waals surface area contributed by atoms with E-state index in [9.17, 15) is 0 Å². The molecular weight excluding hydrogens is 275 g/mol. The first-order chi connectivity index (χ1) is 7.13. The quantitative estimate of drug-likeness (QED) is 0.920. The van der Waals surface area contributed by atoms with E-state index < -0.39 is 0 Å². The Kier molecular flexibility index (Phi) is 5.10. The summed E-state index contributed by atoms with van der Waals surface area (Å²) < 4.78 is 0.899. The standard InChI is InChI=1S/C11H12BrClN2/c1-8(4-5-14)15-7-9-2-3-11(13)10(12)6-9/h2-3,6,8,15H,4,7H2,1H3. The van der Waals surface area contributed by atoms with E-state index in [1.165, 1.54) is 0 Å². The molecule has 0 amide bonds. The molecule has 0 radical (unpaired) electrons. The van der Waals surface area contributed by atoms with Crippen LogP contribution in [0.15, 0.2) is 22.7 Å². The second-order valence-electron chi connectivity index (χ2n) is 3.39. The Morgan fingerprint density at radius 2 is 2.33 bits per heavy atom. The number of nitrogens with one attached hydrogen (secondary N) is 1. The first-order valence-corrected chi connectivity index (χ1v) is 5.85. The zero-order valence-electron chi connectivity index (χ0n) is 8.43. The molecule has 0 spiro atoms. The fourth-order valence-electron chi connectivity index (χ4n) is 1.15. The van der Waals surface area contributed by atoms with Crippen molar-refractivity contribution in [3.8, 4) is 6.07 Å². The van der Waals surface area contributed by atoms with Crippen molar-refractivity contribution in [2.75, 3.05) is 0 Å². The van der Waals surface area contributed by atoms with E-state index >= 15 is 0 Å². The lowest BCUT2D eigenvalue weighted by Crippen LogP contribution is -2.24. The topological polar surface area (TPSA) is 35.8 Å². The smallest absolute Gasteiger partial charge is 0.0638 e. The molecule has 1 aromatic rings. The summed E-state index contributed by atoms with van der Waals surface area (Å²) in [5.74, 6) is 0. The number of nitrogens with zero attached hydrogens (tertiary/aromatic N) is 1. The van der Waals surface area contributed by atoms with E-state index in [2.05, 4.69) is 27.3 Å². The Bertz CT molecular complexity index is 373. The third kappa shape index (κ3) is 4.21. The van der Waals surface area contributed by atoms with E-state index in [0.29, 0.717) is 11.4 Å². The molecule has 1 N–H and O–H groups in total. The van der Waals surface area contributed by atoms with Crippen LogP contribution >= 0.6 is 27.5 Å². The lowest BCUT2D eigenvalue weighted by molar-refractivity contribution is 0.557. The van der Waals surface area contributed by atoms with Crippen LogP contribution in [0.25, 0.3) is 0 Å². The maximum atomic E-state index is 8.50. The van der Waals surface area contributed by atoms with Gasteiger partial charge in [0.05, 0.1) is 17.5 Å². The van der Waals surface area contributed by atoms with Crippen molar-refractivity contribution in [1.82, 2.24) is 5.32 Å². The highest BCUT2D eigenvalue weighted by atomic mass is 79.9. The van der Waals surface area contributed by atoms with Crippen LogP contribution in [0.1, 0.15) is 18.9 Å². The first-order valence-electron chi connectivity index (χ1n) is 4.67. The molecule has 0 aromatic heterocycles. The number of hydrogen-bond donors (Lipinski definition) is 1. The van der Waals surface area contributed by atoms with Crippen molar-refractivity contribution in [3.63, 3.8) is 0 Å². The fraction of sp³-hybridized carbons (Fsp3) is 0.364. The van der Waals surface area contributed by atoms with Crippen molar-refractivity contribution >= 4 is 27.5 Å². The molecule has 0 fully saturated rings. The summed E-state index contributed by atoms with van der Waals surface area (Å²) in [5.41, 5.74) is 1.15. The molecule has 15 heavy (non-hydrogen) atoms. The van der Waals surface area contributed by atoms with Crippen LogP contribution in [-0.4, -0.2) is 6.04 Å². The van der Waals surface area contributed by atoms with E-state index in [1.807, 2.05) is 25.1 Å². The second-order valence-corrected chi connectivity index (χ2v) is 4.65. The molecule has 0 saturated carbocycles. The zero-order chi connectivity index (χ0) is 11.3. The molecule has 0 bridgehead atoms. The number of benzene rings is 1. The Balaban J connectivity index is 2.51. The Hall–Kier alpha value is -0.560. The van der Waals surface area contributed by atoms with Crippen LogP contribution in [0.4, 0.5) is 0 Å². The van der Waals surface area contributed by atoms with Gasteiger partial charge < -0.3 is 5.32 Å². The van der Waals surface area contributed by atoms with Gasteiger partial charge in [-0.05, 0) is 40.5 Å². The molecule has 1 atom stereocenters. The number of halogens is 2. The highest BCUT2D eigenvalue weighted by Gasteiger charge is 2.02. The second kappa shape index (κ2) is 6.12. The summed E-state index contributed by atoms with van der Waals surface area (Å²) in [7, 11) is 0. The zero-order valence-corrected chi connectivity index (χ0v) is 10.8. The average Bonchev–Trinajstić information content (AvgIpc) is 2.20. The van der Waals surface area contributed by atoms with Gasteiger partial charge in [0.25, 0.3) is 0 Å². The van der Waals surface area contributed by atoms with Gasteiger partial charge in [0.15, 0.2) is 0 Å². The van der Waals surface area contributed by atoms with Crippen LogP contribution in [0, 0.1) is 11.3 Å². The predicted molar refractivity (Wildman–Crippen MR) is 65.7 cm³/mol. The molecule has 0 aliphatic carbocycles. The largest absolute Gasteiger partial charge is 0.309 e. The number of rotatable bonds is 4. The molecule has 0 aliphatic heterocycles. The van der Waals surface area contributed by atoms with E-state index in [0.717, 1.165) is 16.6 Å². The van der Waals surface area contributed by atoms with Crippen molar-refractivity contribution in [3.05, 3.63) is 33.3 Å². The number of nitriles is 1. The molecule has 1 aromatic carbocycles. The average molecular weight is 288 g/mol. The molecule has 1 unspecified atom stereocenters. The van der Waals surface area contributed by atoms with Gasteiger partial charge in [-0.1, -0.05) is 17.7 Å². The van der Waals surface area contributed by atoms with Gasteiger partial charge in [-0.25, -0.2) is 0 Å². The molecule has 4 heteroatoms. The minimum atomic E-state index is 0.212. The highest BCUT2D eigenvalue weighted by Crippen LogP contribution is 2.23. The monoisotopic (exact) mass is 286 g/mol. The predicted octanol–water partition coefficient (Wildman–Crippen LogP) is 3.49. The van der Waals surface area contributed by atoms with Crippen LogP contribution in [0.2, 0.25) is 5.02 Å². The molecular formula is C11H12BrClN2. The van der Waals surface area contributed by atoms with Gasteiger partial charge in [0.1, 0.15) is 0 Å². The van der Waals surface area contributed by atoms with Crippen LogP contribution in [0.3, 0.4) is 0 Å². The van der Waals surface area contributed by atoms with Crippen molar-refractivity contribution < 1.29 is 0 Å². The lowest BCUT2D eigenvalue weighted by atomic mass is 10.2. The Labute approximate surface area is 103 Å². The minimum absolute atomic E-state index is 0.212. The Morgan fingerprint density at radius 3 is 2.93 bits per heavy atom. The third-order valence-electron chi connectivity index (χ3n) is 2.04. The summed E-state index contributed by atoms with van der Waals surface area (Å²) in [6, 6.07) is 8.15. The summed E-state index contributed by atoms with van der Waals surface area (Å²) in [4.78, 5) is 0. The van der Waals surface area contributed by atoms with Gasteiger partial charge in [-0.3, -0.25) is 0 Å². The van der Waals surface area contributed by atoms with Gasteiger partial charge >= 0.3 is 0 Å². The summed E-state index contributed by atoms with van der Waals surface area (Å²) in [6.07, 6.45) is 0.523. The number of hydrogen-bond acceptors (Lipinski definition) is 2. The van der Waals surface area contributed by atoms with Crippen LogP contribution in [0.5, 0.6) is 0 Å². The molecule has 0 heterocycles. The van der Waals surface area contributed by atoms with Crippen LogP contribution in [-0.2, 0) is 6.54 Å².